The first-order chi connectivity index (χ1) is 12.3. The lowest BCUT2D eigenvalue weighted by Crippen LogP contribution is -2.35. The third-order valence-corrected chi connectivity index (χ3v) is 6.85. The number of sulfonamides is 1. The van der Waals surface area contributed by atoms with Crippen molar-refractivity contribution in [1.82, 2.24) is 14.6 Å². The van der Waals surface area contributed by atoms with Gasteiger partial charge in [-0.2, -0.15) is 4.31 Å². The molecule has 1 aromatic heterocycles. The Kier molecular flexibility index (Phi) is 5.31. The van der Waals surface area contributed by atoms with Crippen molar-refractivity contribution in [3.8, 4) is 0 Å². The Bertz CT molecular complexity index is 905. The maximum absolute atomic E-state index is 12.8. The lowest BCUT2D eigenvalue weighted by Gasteiger charge is -2.25. The Morgan fingerprint density at radius 2 is 1.96 bits per heavy atom. The van der Waals surface area contributed by atoms with Gasteiger partial charge in [-0.25, -0.2) is 18.2 Å². The topological polar surface area (TPSA) is 91.4 Å². The van der Waals surface area contributed by atoms with Gasteiger partial charge in [0.25, 0.3) is 0 Å². The molecular formula is C17H22N4O3S2. The number of carbonyl (C=O) groups is 1. The molecule has 0 fully saturated rings. The number of urea groups is 1. The summed E-state index contributed by atoms with van der Waals surface area (Å²) in [4.78, 5) is 17.4. The van der Waals surface area contributed by atoms with Gasteiger partial charge in [0.2, 0.25) is 10.0 Å². The lowest BCUT2D eigenvalue weighted by atomic mass is 10.2. The number of aryl methyl sites for hydroxylation is 1. The molecule has 26 heavy (non-hydrogen) atoms. The molecule has 0 saturated heterocycles. The molecular weight excluding hydrogens is 372 g/mol. The van der Waals surface area contributed by atoms with E-state index in [9.17, 15) is 13.2 Å². The van der Waals surface area contributed by atoms with Gasteiger partial charge in [-0.1, -0.05) is 29.0 Å². The Balaban J connectivity index is 1.75. The molecule has 0 saturated carbocycles. The summed E-state index contributed by atoms with van der Waals surface area (Å²) in [5.74, 6) is 0. The predicted octanol–water partition coefficient (Wildman–Crippen LogP) is 2.73. The summed E-state index contributed by atoms with van der Waals surface area (Å²) in [5, 5.41) is 5.94. The number of fused-ring (bicyclic) bond motifs is 1. The van der Waals surface area contributed by atoms with Gasteiger partial charge in [-0.3, -0.25) is 5.32 Å². The van der Waals surface area contributed by atoms with E-state index in [-0.39, 0.29) is 18.6 Å². The van der Waals surface area contributed by atoms with Gasteiger partial charge < -0.3 is 5.32 Å². The lowest BCUT2D eigenvalue weighted by molar-refractivity contribution is 0.250. The second-order valence-corrected chi connectivity index (χ2v) is 9.57. The second-order valence-electron chi connectivity index (χ2n) is 6.54. The number of amides is 2. The van der Waals surface area contributed by atoms with E-state index < -0.39 is 10.0 Å². The molecule has 0 bridgehead atoms. The third kappa shape index (κ3) is 4.05. The molecule has 1 aromatic carbocycles. The molecule has 1 aliphatic rings. The fraction of sp³-hybridized carbons (Fsp3) is 0.412. The van der Waals surface area contributed by atoms with Crippen LogP contribution in [-0.2, 0) is 23.0 Å². The number of rotatable bonds is 4. The van der Waals surface area contributed by atoms with Crippen LogP contribution in [0.25, 0.3) is 0 Å². The molecule has 0 radical (unpaired) electrons. The van der Waals surface area contributed by atoms with Crippen molar-refractivity contribution in [3.05, 3.63) is 40.4 Å². The average Bonchev–Trinajstić information content (AvgIpc) is 2.95. The Morgan fingerprint density at radius 1 is 1.27 bits per heavy atom. The highest BCUT2D eigenvalue weighted by Crippen LogP contribution is 2.31. The number of hydrogen-bond donors (Lipinski definition) is 2. The van der Waals surface area contributed by atoms with Gasteiger partial charge in [-0.15, -0.1) is 0 Å². The highest BCUT2D eigenvalue weighted by atomic mass is 32.2. The molecule has 9 heteroatoms. The van der Waals surface area contributed by atoms with Crippen molar-refractivity contribution in [1.29, 1.82) is 0 Å². The molecule has 0 aliphatic carbocycles. The minimum Gasteiger partial charge on any atom is -0.336 e. The van der Waals surface area contributed by atoms with Crippen LogP contribution in [-0.4, -0.2) is 36.3 Å². The van der Waals surface area contributed by atoms with Crippen LogP contribution in [0.5, 0.6) is 0 Å². The number of carbonyl (C=O) groups excluding carboxylic acids is 1. The first-order valence-corrected chi connectivity index (χ1v) is 10.6. The van der Waals surface area contributed by atoms with Crippen LogP contribution in [0.4, 0.5) is 9.93 Å². The van der Waals surface area contributed by atoms with Crippen LogP contribution < -0.4 is 10.6 Å². The van der Waals surface area contributed by atoms with E-state index in [4.69, 9.17) is 0 Å². The summed E-state index contributed by atoms with van der Waals surface area (Å²) >= 11 is 1.32. The highest BCUT2D eigenvalue weighted by Gasteiger charge is 2.30. The average molecular weight is 395 g/mol. The zero-order valence-electron chi connectivity index (χ0n) is 14.9. The number of hydrogen-bond acceptors (Lipinski definition) is 5. The Hall–Kier alpha value is -1.97. The van der Waals surface area contributed by atoms with Gasteiger partial charge in [-0.05, 0) is 32.9 Å². The normalized spacial score (nSPS) is 14.9. The van der Waals surface area contributed by atoms with E-state index in [1.54, 1.807) is 24.3 Å². The first-order valence-electron chi connectivity index (χ1n) is 8.38. The van der Waals surface area contributed by atoms with Gasteiger partial charge in [0.05, 0.1) is 17.1 Å². The number of nitrogens with zero attached hydrogens (tertiary/aromatic N) is 2. The maximum atomic E-state index is 12.8. The van der Waals surface area contributed by atoms with Gasteiger partial charge >= 0.3 is 6.03 Å². The molecule has 2 N–H and O–H groups in total. The monoisotopic (exact) mass is 394 g/mol. The fourth-order valence-electron chi connectivity index (χ4n) is 2.69. The molecule has 2 aromatic rings. The predicted molar refractivity (Wildman–Crippen MR) is 102 cm³/mol. The number of benzene rings is 1. The van der Waals surface area contributed by atoms with E-state index in [2.05, 4.69) is 15.6 Å². The Labute approximate surface area is 157 Å². The fourth-order valence-corrected chi connectivity index (χ4v) is 5.19. The Morgan fingerprint density at radius 3 is 2.62 bits per heavy atom. The zero-order chi connectivity index (χ0) is 18.9. The summed E-state index contributed by atoms with van der Waals surface area (Å²) in [5.41, 5.74) is 1.87. The molecule has 7 nitrogen and oxygen atoms in total. The third-order valence-electron chi connectivity index (χ3n) is 4.00. The molecule has 2 amide bonds. The van der Waals surface area contributed by atoms with Crippen LogP contribution in [0.15, 0.2) is 29.2 Å². The molecule has 0 unspecified atom stereocenters. The highest BCUT2D eigenvalue weighted by molar-refractivity contribution is 7.89. The minimum atomic E-state index is -3.54. The number of thiazole rings is 1. The van der Waals surface area contributed by atoms with Crippen LogP contribution >= 0.6 is 11.3 Å². The number of nitrogens with one attached hydrogen (secondary N) is 2. The van der Waals surface area contributed by atoms with E-state index >= 15 is 0 Å². The van der Waals surface area contributed by atoms with E-state index in [0.29, 0.717) is 23.0 Å². The molecule has 0 atom stereocenters. The zero-order valence-corrected chi connectivity index (χ0v) is 16.6. The van der Waals surface area contributed by atoms with E-state index in [0.717, 1.165) is 16.1 Å². The molecule has 0 spiro atoms. The minimum absolute atomic E-state index is 0.0275. The summed E-state index contributed by atoms with van der Waals surface area (Å²) in [6, 6.07) is 6.58. The first kappa shape index (κ1) is 18.8. The summed E-state index contributed by atoms with van der Waals surface area (Å²) in [7, 11) is -3.54. The second kappa shape index (κ2) is 7.34. The number of anilines is 1. The SMILES string of the molecule is Cc1ccc(S(=O)(=O)N2CCc3nc(NC(=O)NC(C)C)sc3C2)cc1. The van der Waals surface area contributed by atoms with E-state index in [1.807, 2.05) is 20.8 Å². The van der Waals surface area contributed by atoms with Crippen molar-refractivity contribution in [3.63, 3.8) is 0 Å². The van der Waals surface area contributed by atoms with E-state index in [1.165, 1.54) is 15.6 Å². The molecule has 3 rings (SSSR count). The van der Waals surface area contributed by atoms with Crippen LogP contribution in [0.3, 0.4) is 0 Å². The largest absolute Gasteiger partial charge is 0.336 e. The molecule has 2 heterocycles. The van der Waals surface area contributed by atoms with Crippen molar-refractivity contribution in [2.24, 2.45) is 0 Å². The van der Waals surface area contributed by atoms with Crippen LogP contribution in [0.1, 0.15) is 30.0 Å². The quantitative estimate of drug-likeness (QED) is 0.834. The van der Waals surface area contributed by atoms with Gasteiger partial charge in [0.15, 0.2) is 5.13 Å². The van der Waals surface area contributed by atoms with Crippen LogP contribution in [0, 0.1) is 6.92 Å². The van der Waals surface area contributed by atoms with Crippen molar-refractivity contribution < 1.29 is 13.2 Å². The summed E-state index contributed by atoms with van der Waals surface area (Å²) < 4.78 is 27.2. The standard InChI is InChI=1S/C17H22N4O3S2/c1-11(2)18-16(22)20-17-19-14-8-9-21(10-15(14)25-17)26(23,24)13-6-4-12(3)5-7-13/h4-7,11H,8-10H2,1-3H3,(H2,18,19,20,22). The summed E-state index contributed by atoms with van der Waals surface area (Å²) in [6.07, 6.45) is 0.532. The van der Waals surface area contributed by atoms with Crippen molar-refractivity contribution >= 4 is 32.5 Å². The maximum Gasteiger partial charge on any atom is 0.321 e. The van der Waals surface area contributed by atoms with Crippen molar-refractivity contribution in [2.75, 3.05) is 11.9 Å². The van der Waals surface area contributed by atoms with Gasteiger partial charge in [0.1, 0.15) is 0 Å². The molecule has 1 aliphatic heterocycles. The number of aromatic nitrogens is 1. The van der Waals surface area contributed by atoms with Crippen LogP contribution in [0.2, 0.25) is 0 Å². The molecule has 140 valence electrons. The summed E-state index contributed by atoms with van der Waals surface area (Å²) in [6.45, 7) is 6.33. The van der Waals surface area contributed by atoms with Crippen molar-refractivity contribution in [2.45, 2.75) is 44.7 Å². The van der Waals surface area contributed by atoms with Gasteiger partial charge in [0, 0.05) is 23.9 Å². The smallest absolute Gasteiger partial charge is 0.321 e.